The van der Waals surface area contributed by atoms with Crippen molar-refractivity contribution in [1.82, 2.24) is 25.0 Å². The molecule has 1 saturated heterocycles. The predicted molar refractivity (Wildman–Crippen MR) is 124 cm³/mol. The van der Waals surface area contributed by atoms with Gasteiger partial charge < -0.3 is 10.1 Å². The number of aromatic nitrogens is 5. The lowest BCUT2D eigenvalue weighted by molar-refractivity contribution is 0.181. The van der Waals surface area contributed by atoms with Crippen LogP contribution in [0.1, 0.15) is 24.9 Å². The van der Waals surface area contributed by atoms with E-state index in [9.17, 15) is 4.39 Å². The highest BCUT2D eigenvalue weighted by Gasteiger charge is 2.23. The predicted octanol–water partition coefficient (Wildman–Crippen LogP) is 4.75. The molecule has 5 rings (SSSR count). The van der Waals surface area contributed by atoms with Crippen LogP contribution in [0.3, 0.4) is 0 Å². The molecule has 0 amide bonds. The SMILES string of the molecule is CC(Nc1nccc(-c2c(-c3ccc(F)cc3)nnn2C[C@@H]2CCOC2)n1)c1ccccc1. The van der Waals surface area contributed by atoms with Gasteiger partial charge in [0.2, 0.25) is 5.95 Å². The molecule has 7 nitrogen and oxygen atoms in total. The quantitative estimate of drug-likeness (QED) is 0.443. The summed E-state index contributed by atoms with van der Waals surface area (Å²) in [7, 11) is 0. The van der Waals surface area contributed by atoms with E-state index >= 15 is 0 Å². The third-order valence-corrected chi connectivity index (χ3v) is 5.85. The Labute approximate surface area is 191 Å². The van der Waals surface area contributed by atoms with Crippen LogP contribution in [0.5, 0.6) is 0 Å². The van der Waals surface area contributed by atoms with Gasteiger partial charge in [0.15, 0.2) is 0 Å². The van der Waals surface area contributed by atoms with Gasteiger partial charge in [-0.25, -0.2) is 19.0 Å². The molecule has 1 unspecified atom stereocenters. The van der Waals surface area contributed by atoms with Gasteiger partial charge in [0, 0.05) is 30.8 Å². The second kappa shape index (κ2) is 9.46. The van der Waals surface area contributed by atoms with Gasteiger partial charge in [-0.2, -0.15) is 0 Å². The average molecular weight is 445 g/mol. The van der Waals surface area contributed by atoms with E-state index in [1.54, 1.807) is 18.3 Å². The van der Waals surface area contributed by atoms with E-state index in [1.807, 2.05) is 28.9 Å². The second-order valence-corrected chi connectivity index (χ2v) is 8.25. The largest absolute Gasteiger partial charge is 0.381 e. The summed E-state index contributed by atoms with van der Waals surface area (Å²) < 4.78 is 21.0. The highest BCUT2D eigenvalue weighted by Crippen LogP contribution is 2.31. The van der Waals surface area contributed by atoms with Crippen LogP contribution in [0.2, 0.25) is 0 Å². The molecule has 0 radical (unpaired) electrons. The topological polar surface area (TPSA) is 77.8 Å². The molecule has 0 bridgehead atoms. The summed E-state index contributed by atoms with van der Waals surface area (Å²) in [5, 5.41) is 12.2. The van der Waals surface area contributed by atoms with Crippen LogP contribution >= 0.6 is 0 Å². The molecule has 1 fully saturated rings. The van der Waals surface area contributed by atoms with Crippen molar-refractivity contribution in [2.24, 2.45) is 5.92 Å². The van der Waals surface area contributed by atoms with E-state index in [-0.39, 0.29) is 11.9 Å². The first-order valence-corrected chi connectivity index (χ1v) is 11.1. The Morgan fingerprint density at radius 2 is 1.94 bits per heavy atom. The van der Waals surface area contributed by atoms with Crippen molar-refractivity contribution in [3.63, 3.8) is 0 Å². The van der Waals surface area contributed by atoms with Crippen LogP contribution in [0.4, 0.5) is 10.3 Å². The number of benzene rings is 2. The third kappa shape index (κ3) is 4.75. The number of hydrogen-bond donors (Lipinski definition) is 1. The maximum Gasteiger partial charge on any atom is 0.223 e. The molecule has 2 aromatic heterocycles. The monoisotopic (exact) mass is 444 g/mol. The maximum absolute atomic E-state index is 13.5. The van der Waals surface area contributed by atoms with Crippen LogP contribution in [0, 0.1) is 11.7 Å². The second-order valence-electron chi connectivity index (χ2n) is 8.25. The van der Waals surface area contributed by atoms with Crippen LogP contribution in [0.25, 0.3) is 22.6 Å². The lowest BCUT2D eigenvalue weighted by atomic mass is 10.1. The minimum Gasteiger partial charge on any atom is -0.381 e. The minimum absolute atomic E-state index is 0.0386. The molecule has 1 aliphatic heterocycles. The van der Waals surface area contributed by atoms with Crippen molar-refractivity contribution in [3.05, 3.63) is 78.2 Å². The first-order chi connectivity index (χ1) is 16.2. The Hall–Kier alpha value is -3.65. The van der Waals surface area contributed by atoms with Gasteiger partial charge in [0.25, 0.3) is 0 Å². The van der Waals surface area contributed by atoms with Crippen molar-refractivity contribution >= 4 is 5.95 Å². The molecule has 0 saturated carbocycles. The molecule has 4 aromatic rings. The number of rotatable bonds is 7. The van der Waals surface area contributed by atoms with E-state index in [0.717, 1.165) is 29.8 Å². The molecule has 168 valence electrons. The average Bonchev–Trinajstić information content (AvgIpc) is 3.51. The van der Waals surface area contributed by atoms with Crippen molar-refractivity contribution in [2.45, 2.75) is 25.9 Å². The Balaban J connectivity index is 1.50. The number of nitrogens with zero attached hydrogens (tertiary/aromatic N) is 5. The minimum atomic E-state index is -0.292. The third-order valence-electron chi connectivity index (χ3n) is 5.85. The zero-order valence-corrected chi connectivity index (χ0v) is 18.4. The smallest absolute Gasteiger partial charge is 0.223 e. The molecule has 0 aliphatic carbocycles. The van der Waals surface area contributed by atoms with Gasteiger partial charge in [-0.05, 0) is 49.2 Å². The fourth-order valence-corrected chi connectivity index (χ4v) is 4.05. The Kier molecular flexibility index (Phi) is 6.08. The lowest BCUT2D eigenvalue weighted by Crippen LogP contribution is -2.14. The Morgan fingerprint density at radius 3 is 2.70 bits per heavy atom. The highest BCUT2D eigenvalue weighted by atomic mass is 19.1. The zero-order chi connectivity index (χ0) is 22.6. The van der Waals surface area contributed by atoms with Gasteiger partial charge in [0.05, 0.1) is 18.3 Å². The number of nitrogens with one attached hydrogen (secondary N) is 1. The molecule has 33 heavy (non-hydrogen) atoms. The fraction of sp³-hybridized carbons (Fsp3) is 0.280. The summed E-state index contributed by atoms with van der Waals surface area (Å²) in [4.78, 5) is 9.21. The summed E-state index contributed by atoms with van der Waals surface area (Å²) in [5.41, 5.74) is 4.08. The summed E-state index contributed by atoms with van der Waals surface area (Å²) in [6.45, 7) is 4.22. The van der Waals surface area contributed by atoms with Crippen molar-refractivity contribution in [1.29, 1.82) is 0 Å². The van der Waals surface area contributed by atoms with Gasteiger partial charge in [-0.1, -0.05) is 35.5 Å². The summed E-state index contributed by atoms with van der Waals surface area (Å²) >= 11 is 0. The standard InChI is InChI=1S/C25H25FN6O/c1-17(19-5-3-2-4-6-19)28-25-27-13-11-22(29-25)24-23(20-7-9-21(26)10-8-20)30-31-32(24)15-18-12-14-33-16-18/h2-11,13,17-18H,12,14-16H2,1H3,(H,27,28,29)/t17?,18-/m0/s1. The number of anilines is 1. The molecule has 1 N–H and O–H groups in total. The van der Waals surface area contributed by atoms with E-state index in [4.69, 9.17) is 9.72 Å². The highest BCUT2D eigenvalue weighted by molar-refractivity contribution is 5.76. The van der Waals surface area contributed by atoms with Crippen LogP contribution in [-0.4, -0.2) is 38.2 Å². The van der Waals surface area contributed by atoms with Gasteiger partial charge in [-0.15, -0.1) is 5.10 Å². The van der Waals surface area contributed by atoms with E-state index < -0.39 is 0 Å². The van der Waals surface area contributed by atoms with Crippen molar-refractivity contribution in [2.75, 3.05) is 18.5 Å². The number of hydrogen-bond acceptors (Lipinski definition) is 6. The zero-order valence-electron chi connectivity index (χ0n) is 18.4. The van der Waals surface area contributed by atoms with Gasteiger partial charge >= 0.3 is 0 Å². The molecular formula is C25H25FN6O. The summed E-state index contributed by atoms with van der Waals surface area (Å²) in [6.07, 6.45) is 2.71. The van der Waals surface area contributed by atoms with Crippen molar-refractivity contribution in [3.8, 4) is 22.6 Å². The lowest BCUT2D eigenvalue weighted by Gasteiger charge is -2.15. The molecule has 8 heteroatoms. The number of ether oxygens (including phenoxy) is 1. The molecule has 2 aromatic carbocycles. The van der Waals surface area contributed by atoms with Gasteiger partial charge in [-0.3, -0.25) is 0 Å². The van der Waals surface area contributed by atoms with Crippen LogP contribution in [0.15, 0.2) is 66.9 Å². The molecule has 3 heterocycles. The van der Waals surface area contributed by atoms with E-state index in [0.29, 0.717) is 36.4 Å². The first kappa shape index (κ1) is 21.2. The Morgan fingerprint density at radius 1 is 1.12 bits per heavy atom. The van der Waals surface area contributed by atoms with Crippen molar-refractivity contribution < 1.29 is 9.13 Å². The normalized spacial score (nSPS) is 16.6. The van der Waals surface area contributed by atoms with Crippen LogP contribution < -0.4 is 5.32 Å². The molecular weight excluding hydrogens is 419 g/mol. The fourth-order valence-electron chi connectivity index (χ4n) is 4.05. The van der Waals surface area contributed by atoms with E-state index in [2.05, 4.69) is 39.7 Å². The number of halogens is 1. The van der Waals surface area contributed by atoms with Gasteiger partial charge in [0.1, 0.15) is 17.2 Å². The summed E-state index contributed by atoms with van der Waals surface area (Å²) in [5.74, 6) is 0.592. The molecule has 0 spiro atoms. The molecule has 2 atom stereocenters. The summed E-state index contributed by atoms with van der Waals surface area (Å²) in [6, 6.07) is 18.3. The molecule has 1 aliphatic rings. The first-order valence-electron chi connectivity index (χ1n) is 11.1. The van der Waals surface area contributed by atoms with E-state index in [1.165, 1.54) is 12.1 Å². The van der Waals surface area contributed by atoms with Crippen LogP contribution in [-0.2, 0) is 11.3 Å². The maximum atomic E-state index is 13.5. The Bertz CT molecular complexity index is 1210.